The molecule has 0 aromatic carbocycles. The monoisotopic (exact) mass is 271 g/mol. The summed E-state index contributed by atoms with van der Waals surface area (Å²) in [4.78, 5) is 15.6. The van der Waals surface area contributed by atoms with Crippen molar-refractivity contribution in [1.29, 1.82) is 0 Å². The SMILES string of the molecule is Cc1cc(C)n(-c2c(C(=O)O)cnc3c2cnn3C)n1. The van der Waals surface area contributed by atoms with Crippen molar-refractivity contribution in [2.45, 2.75) is 13.8 Å². The molecule has 0 saturated heterocycles. The van der Waals surface area contributed by atoms with Crippen LogP contribution < -0.4 is 0 Å². The zero-order valence-electron chi connectivity index (χ0n) is 11.3. The van der Waals surface area contributed by atoms with Crippen LogP contribution in [-0.2, 0) is 7.05 Å². The average molecular weight is 271 g/mol. The van der Waals surface area contributed by atoms with Crippen molar-refractivity contribution >= 4 is 17.0 Å². The summed E-state index contributed by atoms with van der Waals surface area (Å²) in [6, 6.07) is 1.90. The zero-order chi connectivity index (χ0) is 14.4. The fourth-order valence-electron chi connectivity index (χ4n) is 2.32. The number of carboxylic acids is 1. The minimum absolute atomic E-state index is 0.108. The summed E-state index contributed by atoms with van der Waals surface area (Å²) >= 11 is 0. The summed E-state index contributed by atoms with van der Waals surface area (Å²) in [7, 11) is 1.76. The van der Waals surface area contributed by atoms with E-state index in [1.54, 1.807) is 22.6 Å². The molecule has 0 amide bonds. The van der Waals surface area contributed by atoms with E-state index < -0.39 is 5.97 Å². The highest BCUT2D eigenvalue weighted by atomic mass is 16.4. The van der Waals surface area contributed by atoms with Gasteiger partial charge in [0.15, 0.2) is 5.65 Å². The summed E-state index contributed by atoms with van der Waals surface area (Å²) in [5.74, 6) is -1.04. The van der Waals surface area contributed by atoms with E-state index in [9.17, 15) is 9.90 Å². The number of carbonyl (C=O) groups is 1. The van der Waals surface area contributed by atoms with Crippen molar-refractivity contribution in [3.63, 3.8) is 0 Å². The number of carboxylic acid groups (broad SMARTS) is 1. The van der Waals surface area contributed by atoms with Crippen LogP contribution >= 0.6 is 0 Å². The summed E-state index contributed by atoms with van der Waals surface area (Å²) in [6.07, 6.45) is 2.96. The van der Waals surface area contributed by atoms with Gasteiger partial charge in [-0.05, 0) is 19.9 Å². The normalized spacial score (nSPS) is 11.2. The van der Waals surface area contributed by atoms with Gasteiger partial charge in [0.1, 0.15) is 5.56 Å². The summed E-state index contributed by atoms with van der Waals surface area (Å²) in [5.41, 5.74) is 2.92. The van der Waals surface area contributed by atoms with Crippen LogP contribution in [0.4, 0.5) is 0 Å². The quantitative estimate of drug-likeness (QED) is 0.762. The molecule has 0 radical (unpaired) electrons. The molecule has 102 valence electrons. The lowest BCUT2D eigenvalue weighted by atomic mass is 10.2. The molecular weight excluding hydrogens is 258 g/mol. The molecule has 0 bridgehead atoms. The Kier molecular flexibility index (Phi) is 2.56. The van der Waals surface area contributed by atoms with Crippen LogP contribution in [0, 0.1) is 13.8 Å². The van der Waals surface area contributed by atoms with E-state index >= 15 is 0 Å². The topological polar surface area (TPSA) is 85.8 Å². The molecule has 7 heteroatoms. The van der Waals surface area contributed by atoms with Crippen molar-refractivity contribution in [2.24, 2.45) is 7.05 Å². The third kappa shape index (κ3) is 1.67. The number of aromatic nitrogens is 5. The third-order valence-electron chi connectivity index (χ3n) is 3.19. The Bertz CT molecular complexity index is 831. The van der Waals surface area contributed by atoms with E-state index in [0.29, 0.717) is 16.7 Å². The van der Waals surface area contributed by atoms with Crippen LogP contribution in [0.3, 0.4) is 0 Å². The Morgan fingerprint density at radius 2 is 2.05 bits per heavy atom. The van der Waals surface area contributed by atoms with Gasteiger partial charge in [-0.1, -0.05) is 0 Å². The number of fused-ring (bicyclic) bond motifs is 1. The van der Waals surface area contributed by atoms with Crippen molar-refractivity contribution < 1.29 is 9.90 Å². The molecule has 3 aromatic rings. The molecule has 0 atom stereocenters. The van der Waals surface area contributed by atoms with E-state index in [-0.39, 0.29) is 5.56 Å². The second-order valence-corrected chi connectivity index (χ2v) is 4.67. The van der Waals surface area contributed by atoms with E-state index in [1.807, 2.05) is 19.9 Å². The van der Waals surface area contributed by atoms with Gasteiger partial charge in [0.05, 0.1) is 23.0 Å². The van der Waals surface area contributed by atoms with Gasteiger partial charge in [0, 0.05) is 18.9 Å². The standard InChI is InChI=1S/C13H13N5O2/c1-7-4-8(2)18(16-7)11-9-6-15-17(3)12(9)14-5-10(11)13(19)20/h4-6H,1-3H3,(H,19,20). The third-order valence-corrected chi connectivity index (χ3v) is 3.19. The molecule has 20 heavy (non-hydrogen) atoms. The smallest absolute Gasteiger partial charge is 0.339 e. The number of rotatable bonds is 2. The summed E-state index contributed by atoms with van der Waals surface area (Å²) < 4.78 is 3.24. The maximum Gasteiger partial charge on any atom is 0.339 e. The van der Waals surface area contributed by atoms with Crippen LogP contribution in [0.2, 0.25) is 0 Å². The van der Waals surface area contributed by atoms with Crippen LogP contribution in [0.15, 0.2) is 18.5 Å². The fraction of sp³-hybridized carbons (Fsp3) is 0.231. The molecule has 3 aromatic heterocycles. The molecule has 0 aliphatic heterocycles. The molecule has 0 aliphatic rings. The molecular formula is C13H13N5O2. The maximum absolute atomic E-state index is 11.5. The number of nitrogens with zero attached hydrogens (tertiary/aromatic N) is 5. The van der Waals surface area contributed by atoms with Crippen molar-refractivity contribution in [3.05, 3.63) is 35.4 Å². The number of hydrogen-bond acceptors (Lipinski definition) is 4. The van der Waals surface area contributed by atoms with Gasteiger partial charge in [0.25, 0.3) is 0 Å². The molecule has 3 heterocycles. The van der Waals surface area contributed by atoms with Crippen molar-refractivity contribution in [2.75, 3.05) is 0 Å². The predicted octanol–water partition coefficient (Wildman–Crippen LogP) is 1.47. The first-order valence-corrected chi connectivity index (χ1v) is 6.06. The first kappa shape index (κ1) is 12.3. The van der Waals surface area contributed by atoms with E-state index in [2.05, 4.69) is 15.2 Å². The Morgan fingerprint density at radius 3 is 2.65 bits per heavy atom. The predicted molar refractivity (Wildman–Crippen MR) is 72.1 cm³/mol. The fourth-order valence-corrected chi connectivity index (χ4v) is 2.32. The minimum atomic E-state index is -1.04. The molecule has 7 nitrogen and oxygen atoms in total. The molecule has 0 unspecified atom stereocenters. The van der Waals surface area contributed by atoms with Gasteiger partial charge in [-0.2, -0.15) is 10.2 Å². The highest BCUT2D eigenvalue weighted by Crippen LogP contribution is 2.25. The van der Waals surface area contributed by atoms with Gasteiger partial charge in [-0.15, -0.1) is 0 Å². The van der Waals surface area contributed by atoms with Gasteiger partial charge in [-0.25, -0.2) is 14.5 Å². The largest absolute Gasteiger partial charge is 0.478 e. The molecule has 0 saturated carbocycles. The minimum Gasteiger partial charge on any atom is -0.478 e. The van der Waals surface area contributed by atoms with E-state index in [4.69, 9.17) is 0 Å². The number of aromatic carboxylic acids is 1. The maximum atomic E-state index is 11.5. The van der Waals surface area contributed by atoms with Crippen LogP contribution in [-0.4, -0.2) is 35.6 Å². The Balaban J connectivity index is 2.44. The van der Waals surface area contributed by atoms with E-state index in [1.165, 1.54) is 6.20 Å². The zero-order valence-corrected chi connectivity index (χ0v) is 11.3. The number of aryl methyl sites for hydroxylation is 3. The molecule has 1 N–H and O–H groups in total. The first-order chi connectivity index (χ1) is 9.49. The van der Waals surface area contributed by atoms with Crippen molar-refractivity contribution in [1.82, 2.24) is 24.5 Å². The lowest BCUT2D eigenvalue weighted by Gasteiger charge is -2.09. The number of pyridine rings is 1. The van der Waals surface area contributed by atoms with Gasteiger partial charge in [0.2, 0.25) is 0 Å². The first-order valence-electron chi connectivity index (χ1n) is 6.06. The van der Waals surface area contributed by atoms with Gasteiger partial charge < -0.3 is 5.11 Å². The Hall–Kier alpha value is -2.70. The van der Waals surface area contributed by atoms with E-state index in [0.717, 1.165) is 11.4 Å². The number of hydrogen-bond donors (Lipinski definition) is 1. The van der Waals surface area contributed by atoms with Crippen LogP contribution in [0.5, 0.6) is 0 Å². The lowest BCUT2D eigenvalue weighted by Crippen LogP contribution is -2.09. The van der Waals surface area contributed by atoms with Crippen molar-refractivity contribution in [3.8, 4) is 5.69 Å². The molecule has 0 fully saturated rings. The Morgan fingerprint density at radius 1 is 1.30 bits per heavy atom. The second-order valence-electron chi connectivity index (χ2n) is 4.67. The lowest BCUT2D eigenvalue weighted by molar-refractivity contribution is 0.0696. The average Bonchev–Trinajstić information content (AvgIpc) is 2.92. The highest BCUT2D eigenvalue weighted by molar-refractivity contribution is 5.99. The second kappa shape index (κ2) is 4.16. The molecule has 0 spiro atoms. The summed E-state index contributed by atoms with van der Waals surface area (Å²) in [5, 5.41) is 18.6. The van der Waals surface area contributed by atoms with Gasteiger partial charge in [-0.3, -0.25) is 4.68 Å². The van der Waals surface area contributed by atoms with Crippen LogP contribution in [0.1, 0.15) is 21.7 Å². The molecule has 3 rings (SSSR count). The van der Waals surface area contributed by atoms with Gasteiger partial charge >= 0.3 is 5.97 Å². The van der Waals surface area contributed by atoms with Crippen LogP contribution in [0.25, 0.3) is 16.7 Å². The highest BCUT2D eigenvalue weighted by Gasteiger charge is 2.20. The Labute approximate surface area is 114 Å². The summed E-state index contributed by atoms with van der Waals surface area (Å²) in [6.45, 7) is 3.75. The molecule has 0 aliphatic carbocycles.